The summed E-state index contributed by atoms with van der Waals surface area (Å²) in [6.07, 6.45) is 0.832. The van der Waals surface area contributed by atoms with Gasteiger partial charge in [0.05, 0.1) is 13.2 Å². The Balaban J connectivity index is 2.05. The number of ether oxygens (including phenoxy) is 1. The lowest BCUT2D eigenvalue weighted by Crippen LogP contribution is -2.27. The molecule has 21 heavy (non-hydrogen) atoms. The van der Waals surface area contributed by atoms with Crippen LogP contribution in [0.1, 0.15) is 24.1 Å². The standard InChI is InChI=1S/C15H21ClN4O/c1-3-14-17-15(19-18-14)11-20(8-9-21-2)10-12-6-4-5-7-13(12)16/h4-7H,3,8-11H2,1-2H3,(H,17,18,19). The topological polar surface area (TPSA) is 54.0 Å². The minimum absolute atomic E-state index is 0.666. The van der Waals surface area contributed by atoms with Gasteiger partial charge in [0.2, 0.25) is 0 Å². The Kier molecular flexibility index (Phi) is 6.17. The fraction of sp³-hybridized carbons (Fsp3) is 0.467. The van der Waals surface area contributed by atoms with Gasteiger partial charge in [-0.05, 0) is 11.6 Å². The van der Waals surface area contributed by atoms with Gasteiger partial charge < -0.3 is 4.74 Å². The minimum atomic E-state index is 0.666. The number of H-pyrrole nitrogens is 1. The largest absolute Gasteiger partial charge is 0.383 e. The van der Waals surface area contributed by atoms with Gasteiger partial charge in [-0.25, -0.2) is 4.98 Å². The smallest absolute Gasteiger partial charge is 0.150 e. The Morgan fingerprint density at radius 3 is 2.76 bits per heavy atom. The summed E-state index contributed by atoms with van der Waals surface area (Å²) in [4.78, 5) is 6.70. The third-order valence-corrected chi connectivity index (χ3v) is 3.60. The monoisotopic (exact) mass is 308 g/mol. The number of aromatic amines is 1. The van der Waals surface area contributed by atoms with E-state index in [2.05, 4.69) is 20.1 Å². The number of benzene rings is 1. The number of hydrogen-bond acceptors (Lipinski definition) is 4. The zero-order chi connectivity index (χ0) is 15.1. The molecule has 5 nitrogen and oxygen atoms in total. The summed E-state index contributed by atoms with van der Waals surface area (Å²) in [7, 11) is 1.71. The van der Waals surface area contributed by atoms with Crippen LogP contribution in [0.4, 0.5) is 0 Å². The third-order valence-electron chi connectivity index (χ3n) is 3.23. The molecule has 1 aromatic carbocycles. The molecule has 114 valence electrons. The van der Waals surface area contributed by atoms with Crippen LogP contribution < -0.4 is 0 Å². The van der Waals surface area contributed by atoms with E-state index in [0.29, 0.717) is 13.2 Å². The van der Waals surface area contributed by atoms with Crippen molar-refractivity contribution in [1.29, 1.82) is 0 Å². The van der Waals surface area contributed by atoms with Crippen LogP contribution in [0.2, 0.25) is 5.02 Å². The SMILES string of the molecule is CCc1n[nH]c(CN(CCOC)Cc2ccccc2Cl)n1. The maximum Gasteiger partial charge on any atom is 0.150 e. The van der Waals surface area contributed by atoms with Crippen molar-refractivity contribution in [3.8, 4) is 0 Å². The van der Waals surface area contributed by atoms with Crippen LogP contribution in [0.5, 0.6) is 0 Å². The van der Waals surface area contributed by atoms with Crippen molar-refractivity contribution in [2.75, 3.05) is 20.3 Å². The molecule has 0 saturated carbocycles. The van der Waals surface area contributed by atoms with Crippen LogP contribution in [0.3, 0.4) is 0 Å². The van der Waals surface area contributed by atoms with Gasteiger partial charge in [0, 0.05) is 31.6 Å². The highest BCUT2D eigenvalue weighted by atomic mass is 35.5. The molecule has 0 unspecified atom stereocenters. The molecule has 0 saturated heterocycles. The molecule has 6 heteroatoms. The average molecular weight is 309 g/mol. The van der Waals surface area contributed by atoms with Gasteiger partial charge >= 0.3 is 0 Å². The van der Waals surface area contributed by atoms with E-state index in [9.17, 15) is 0 Å². The molecule has 1 aromatic heterocycles. The Morgan fingerprint density at radius 2 is 2.10 bits per heavy atom. The first-order valence-electron chi connectivity index (χ1n) is 7.07. The van der Waals surface area contributed by atoms with Crippen LogP contribution in [0, 0.1) is 0 Å². The van der Waals surface area contributed by atoms with E-state index < -0.39 is 0 Å². The van der Waals surface area contributed by atoms with Crippen molar-refractivity contribution in [2.45, 2.75) is 26.4 Å². The van der Waals surface area contributed by atoms with Crippen LogP contribution >= 0.6 is 11.6 Å². The van der Waals surface area contributed by atoms with Gasteiger partial charge in [-0.15, -0.1) is 0 Å². The first-order valence-corrected chi connectivity index (χ1v) is 7.45. The van der Waals surface area contributed by atoms with E-state index in [4.69, 9.17) is 16.3 Å². The summed E-state index contributed by atoms with van der Waals surface area (Å²) in [6, 6.07) is 7.89. The summed E-state index contributed by atoms with van der Waals surface area (Å²) < 4.78 is 5.18. The average Bonchev–Trinajstić information content (AvgIpc) is 2.94. The fourth-order valence-electron chi connectivity index (χ4n) is 2.08. The van der Waals surface area contributed by atoms with Crippen LogP contribution in [0.15, 0.2) is 24.3 Å². The Bertz CT molecular complexity index is 558. The summed E-state index contributed by atoms with van der Waals surface area (Å²) in [6.45, 7) is 4.97. The van der Waals surface area contributed by atoms with E-state index in [-0.39, 0.29) is 0 Å². The van der Waals surface area contributed by atoms with Crippen molar-refractivity contribution < 1.29 is 4.74 Å². The maximum atomic E-state index is 6.24. The van der Waals surface area contributed by atoms with Gasteiger partial charge in [0.15, 0.2) is 0 Å². The maximum absolute atomic E-state index is 6.24. The molecule has 0 aliphatic rings. The van der Waals surface area contributed by atoms with Crippen molar-refractivity contribution in [3.05, 3.63) is 46.5 Å². The summed E-state index contributed by atoms with van der Waals surface area (Å²) in [5, 5.41) is 7.94. The number of nitrogens with zero attached hydrogens (tertiary/aromatic N) is 3. The van der Waals surface area contributed by atoms with E-state index in [0.717, 1.165) is 41.7 Å². The Morgan fingerprint density at radius 1 is 1.29 bits per heavy atom. The molecule has 0 amide bonds. The van der Waals surface area contributed by atoms with E-state index in [1.165, 1.54) is 0 Å². The van der Waals surface area contributed by atoms with Gasteiger partial charge in [-0.2, -0.15) is 5.10 Å². The highest BCUT2D eigenvalue weighted by Gasteiger charge is 2.11. The lowest BCUT2D eigenvalue weighted by atomic mass is 10.2. The van der Waals surface area contributed by atoms with E-state index >= 15 is 0 Å². The number of methoxy groups -OCH3 is 1. The lowest BCUT2D eigenvalue weighted by Gasteiger charge is -2.21. The Labute approximate surface area is 130 Å². The molecule has 0 atom stereocenters. The first kappa shape index (κ1) is 15.9. The minimum Gasteiger partial charge on any atom is -0.383 e. The third kappa shape index (κ3) is 4.81. The molecule has 0 aliphatic carbocycles. The number of nitrogens with one attached hydrogen (secondary N) is 1. The molecule has 2 aromatic rings. The summed E-state index contributed by atoms with van der Waals surface area (Å²) in [5.74, 6) is 1.71. The Hall–Kier alpha value is -1.43. The molecule has 0 spiro atoms. The number of rotatable bonds is 8. The second-order valence-corrected chi connectivity index (χ2v) is 5.25. The molecular weight excluding hydrogens is 288 g/mol. The van der Waals surface area contributed by atoms with Crippen LogP contribution in [-0.4, -0.2) is 40.3 Å². The van der Waals surface area contributed by atoms with Gasteiger partial charge in [0.1, 0.15) is 11.6 Å². The van der Waals surface area contributed by atoms with Gasteiger partial charge in [0.25, 0.3) is 0 Å². The fourth-order valence-corrected chi connectivity index (χ4v) is 2.27. The molecular formula is C15H21ClN4O. The summed E-state index contributed by atoms with van der Waals surface area (Å²) in [5.41, 5.74) is 1.10. The predicted octanol–water partition coefficient (Wildman–Crippen LogP) is 2.67. The molecule has 0 bridgehead atoms. The second kappa shape index (κ2) is 8.12. The van der Waals surface area contributed by atoms with E-state index in [1.807, 2.05) is 31.2 Å². The molecule has 2 rings (SSSR count). The first-order chi connectivity index (χ1) is 10.2. The molecule has 0 fully saturated rings. The highest BCUT2D eigenvalue weighted by Crippen LogP contribution is 2.17. The van der Waals surface area contributed by atoms with Crippen molar-refractivity contribution in [2.24, 2.45) is 0 Å². The van der Waals surface area contributed by atoms with Gasteiger partial charge in [-0.1, -0.05) is 36.7 Å². The van der Waals surface area contributed by atoms with Crippen LogP contribution in [0.25, 0.3) is 0 Å². The van der Waals surface area contributed by atoms with Gasteiger partial charge in [-0.3, -0.25) is 10.00 Å². The molecule has 1 N–H and O–H groups in total. The number of aryl methyl sites for hydroxylation is 1. The van der Waals surface area contributed by atoms with Crippen molar-refractivity contribution in [1.82, 2.24) is 20.1 Å². The molecule has 0 radical (unpaired) electrons. The zero-order valence-corrected chi connectivity index (χ0v) is 13.2. The van der Waals surface area contributed by atoms with Crippen molar-refractivity contribution >= 4 is 11.6 Å². The normalized spacial score (nSPS) is 11.2. The highest BCUT2D eigenvalue weighted by molar-refractivity contribution is 6.31. The molecule has 0 aliphatic heterocycles. The number of aromatic nitrogens is 3. The van der Waals surface area contributed by atoms with E-state index in [1.54, 1.807) is 7.11 Å². The predicted molar refractivity (Wildman–Crippen MR) is 83.2 cm³/mol. The number of halogens is 1. The second-order valence-electron chi connectivity index (χ2n) is 4.85. The van der Waals surface area contributed by atoms with Crippen molar-refractivity contribution in [3.63, 3.8) is 0 Å². The zero-order valence-electron chi connectivity index (χ0n) is 12.5. The lowest BCUT2D eigenvalue weighted by molar-refractivity contribution is 0.138. The number of hydrogen-bond donors (Lipinski definition) is 1. The quantitative estimate of drug-likeness (QED) is 0.814. The van der Waals surface area contributed by atoms with Crippen LogP contribution in [-0.2, 0) is 24.2 Å². The summed E-state index contributed by atoms with van der Waals surface area (Å²) >= 11 is 6.24. The molecule has 1 heterocycles.